The summed E-state index contributed by atoms with van der Waals surface area (Å²) < 4.78 is 0. The van der Waals surface area contributed by atoms with Crippen LogP contribution in [0.5, 0.6) is 0 Å². The van der Waals surface area contributed by atoms with Gasteiger partial charge in [-0.2, -0.15) is 5.10 Å². The van der Waals surface area contributed by atoms with Crippen LogP contribution in [0, 0.1) is 12.8 Å². The first-order valence-corrected chi connectivity index (χ1v) is 8.74. The van der Waals surface area contributed by atoms with Crippen LogP contribution >= 0.6 is 0 Å². The second-order valence-electron chi connectivity index (χ2n) is 6.70. The average Bonchev–Trinajstić information content (AvgIpc) is 2.57. The molecule has 0 bridgehead atoms. The number of aromatic nitrogens is 2. The Hall–Kier alpha value is -1.20. The summed E-state index contributed by atoms with van der Waals surface area (Å²) in [6.45, 7) is 13.8. The summed E-state index contributed by atoms with van der Waals surface area (Å²) in [6.07, 6.45) is 2.75. The minimum absolute atomic E-state index is 0.897. The number of rotatable bonds is 4. The Bertz CT molecular complexity index is 445. The minimum atomic E-state index is 0.897. The first-order valence-electron chi connectivity index (χ1n) is 8.74. The number of likely N-dealkylation sites (tertiary alicyclic amines) is 1. The molecule has 0 N–H and O–H groups in total. The summed E-state index contributed by atoms with van der Waals surface area (Å²) in [5.74, 6) is 1.93. The lowest BCUT2D eigenvalue weighted by molar-refractivity contribution is 0.143. The van der Waals surface area contributed by atoms with E-state index in [1.807, 2.05) is 6.92 Å². The molecule has 0 saturated carbocycles. The van der Waals surface area contributed by atoms with Crippen molar-refractivity contribution in [1.82, 2.24) is 20.0 Å². The van der Waals surface area contributed by atoms with Gasteiger partial charge in [0.2, 0.25) is 0 Å². The number of aryl methyl sites for hydroxylation is 1. The molecule has 3 rings (SSSR count). The monoisotopic (exact) mass is 303 g/mol. The van der Waals surface area contributed by atoms with Crippen LogP contribution in [0.3, 0.4) is 0 Å². The molecule has 5 heteroatoms. The SMILES string of the molecule is CCN1CCC(CN2CCN(c3ccc(C)nn3)CC2)CC1. The Morgan fingerprint density at radius 2 is 1.68 bits per heavy atom. The predicted molar refractivity (Wildman–Crippen MR) is 90.3 cm³/mol. The van der Waals surface area contributed by atoms with Crippen molar-refractivity contribution in [3.8, 4) is 0 Å². The number of piperazine rings is 1. The van der Waals surface area contributed by atoms with Crippen LogP contribution in [-0.4, -0.2) is 72.4 Å². The topological polar surface area (TPSA) is 35.5 Å². The molecule has 2 aliphatic rings. The molecule has 0 radical (unpaired) electrons. The van der Waals surface area contributed by atoms with E-state index in [4.69, 9.17) is 0 Å². The number of nitrogens with zero attached hydrogens (tertiary/aromatic N) is 5. The van der Waals surface area contributed by atoms with Crippen LogP contribution in [0.2, 0.25) is 0 Å². The smallest absolute Gasteiger partial charge is 0.151 e. The van der Waals surface area contributed by atoms with E-state index >= 15 is 0 Å². The molecule has 0 spiro atoms. The zero-order valence-corrected chi connectivity index (χ0v) is 14.0. The molecule has 22 heavy (non-hydrogen) atoms. The van der Waals surface area contributed by atoms with E-state index in [1.54, 1.807) is 0 Å². The second kappa shape index (κ2) is 7.38. The molecule has 5 nitrogen and oxygen atoms in total. The van der Waals surface area contributed by atoms with E-state index < -0.39 is 0 Å². The van der Waals surface area contributed by atoms with Gasteiger partial charge in [0, 0.05) is 32.7 Å². The van der Waals surface area contributed by atoms with Crippen LogP contribution in [0.15, 0.2) is 12.1 Å². The summed E-state index contributed by atoms with van der Waals surface area (Å²) in [4.78, 5) is 7.58. The molecule has 0 atom stereocenters. The van der Waals surface area contributed by atoms with Gasteiger partial charge in [0.05, 0.1) is 5.69 Å². The molecule has 1 aromatic heterocycles. The van der Waals surface area contributed by atoms with E-state index in [-0.39, 0.29) is 0 Å². The van der Waals surface area contributed by atoms with Crippen molar-refractivity contribution >= 4 is 5.82 Å². The van der Waals surface area contributed by atoms with Gasteiger partial charge in [-0.25, -0.2) is 0 Å². The lowest BCUT2D eigenvalue weighted by atomic mass is 9.96. The second-order valence-corrected chi connectivity index (χ2v) is 6.70. The van der Waals surface area contributed by atoms with Crippen molar-refractivity contribution in [2.75, 3.05) is 57.3 Å². The number of anilines is 1. The van der Waals surface area contributed by atoms with Crippen LogP contribution in [0.25, 0.3) is 0 Å². The molecular weight excluding hydrogens is 274 g/mol. The first-order chi connectivity index (χ1) is 10.7. The third-order valence-electron chi connectivity index (χ3n) is 5.15. The highest BCUT2D eigenvalue weighted by Gasteiger charge is 2.23. The highest BCUT2D eigenvalue weighted by molar-refractivity contribution is 5.37. The molecule has 122 valence electrons. The summed E-state index contributed by atoms with van der Waals surface area (Å²) in [6, 6.07) is 4.15. The van der Waals surface area contributed by atoms with Crippen molar-refractivity contribution in [1.29, 1.82) is 0 Å². The molecule has 1 aromatic rings. The van der Waals surface area contributed by atoms with Gasteiger partial charge in [-0.05, 0) is 57.5 Å². The Kier molecular flexibility index (Phi) is 5.26. The summed E-state index contributed by atoms with van der Waals surface area (Å²) >= 11 is 0. The van der Waals surface area contributed by atoms with Crippen molar-refractivity contribution in [3.05, 3.63) is 17.8 Å². The number of piperidine rings is 1. The van der Waals surface area contributed by atoms with E-state index in [1.165, 1.54) is 39.0 Å². The Morgan fingerprint density at radius 1 is 0.955 bits per heavy atom. The van der Waals surface area contributed by atoms with Crippen molar-refractivity contribution in [2.24, 2.45) is 5.92 Å². The molecule has 3 heterocycles. The maximum absolute atomic E-state index is 4.31. The molecule has 0 unspecified atom stereocenters. The van der Waals surface area contributed by atoms with Gasteiger partial charge in [-0.1, -0.05) is 6.92 Å². The standard InChI is InChI=1S/C17H29N5/c1-3-20-8-6-16(7-9-20)14-21-10-12-22(13-11-21)17-5-4-15(2)18-19-17/h4-5,16H,3,6-14H2,1-2H3. The summed E-state index contributed by atoms with van der Waals surface area (Å²) in [7, 11) is 0. The van der Waals surface area contributed by atoms with Gasteiger partial charge in [0.15, 0.2) is 5.82 Å². The number of hydrogen-bond donors (Lipinski definition) is 0. The molecule has 2 saturated heterocycles. The van der Waals surface area contributed by atoms with Crippen LogP contribution in [0.4, 0.5) is 5.82 Å². The Morgan fingerprint density at radius 3 is 2.27 bits per heavy atom. The van der Waals surface area contributed by atoms with Gasteiger partial charge < -0.3 is 9.80 Å². The van der Waals surface area contributed by atoms with Crippen LogP contribution in [0.1, 0.15) is 25.5 Å². The minimum Gasteiger partial charge on any atom is -0.353 e. The van der Waals surface area contributed by atoms with Gasteiger partial charge in [0.1, 0.15) is 0 Å². The third-order valence-corrected chi connectivity index (χ3v) is 5.15. The highest BCUT2D eigenvalue weighted by Crippen LogP contribution is 2.20. The molecule has 0 aromatic carbocycles. The van der Waals surface area contributed by atoms with E-state index in [0.717, 1.165) is 43.6 Å². The Balaban J connectivity index is 1.43. The molecular formula is C17H29N5. The number of hydrogen-bond acceptors (Lipinski definition) is 5. The van der Waals surface area contributed by atoms with Gasteiger partial charge in [-0.15, -0.1) is 5.10 Å². The first kappa shape index (κ1) is 15.7. The zero-order chi connectivity index (χ0) is 15.4. The van der Waals surface area contributed by atoms with Crippen molar-refractivity contribution in [3.63, 3.8) is 0 Å². The van der Waals surface area contributed by atoms with Crippen molar-refractivity contribution < 1.29 is 0 Å². The average molecular weight is 303 g/mol. The highest BCUT2D eigenvalue weighted by atomic mass is 15.3. The lowest BCUT2D eigenvalue weighted by Gasteiger charge is -2.39. The quantitative estimate of drug-likeness (QED) is 0.845. The molecule has 0 aliphatic carbocycles. The fourth-order valence-electron chi connectivity index (χ4n) is 3.57. The molecule has 0 amide bonds. The Labute approximate surface area is 134 Å². The third kappa shape index (κ3) is 3.96. The normalized spacial score (nSPS) is 22.2. The van der Waals surface area contributed by atoms with Gasteiger partial charge >= 0.3 is 0 Å². The fraction of sp³-hybridized carbons (Fsp3) is 0.765. The maximum Gasteiger partial charge on any atom is 0.151 e. The van der Waals surface area contributed by atoms with Gasteiger partial charge in [-0.3, -0.25) is 4.90 Å². The predicted octanol–water partition coefficient (Wildman–Crippen LogP) is 1.64. The maximum atomic E-state index is 4.31. The van der Waals surface area contributed by atoms with E-state index in [9.17, 15) is 0 Å². The lowest BCUT2D eigenvalue weighted by Crippen LogP contribution is -2.49. The van der Waals surface area contributed by atoms with E-state index in [0.29, 0.717) is 0 Å². The van der Waals surface area contributed by atoms with Crippen LogP contribution < -0.4 is 4.90 Å². The zero-order valence-electron chi connectivity index (χ0n) is 14.0. The van der Waals surface area contributed by atoms with Crippen molar-refractivity contribution in [2.45, 2.75) is 26.7 Å². The fourth-order valence-corrected chi connectivity index (χ4v) is 3.57. The largest absolute Gasteiger partial charge is 0.353 e. The van der Waals surface area contributed by atoms with Crippen LogP contribution in [-0.2, 0) is 0 Å². The summed E-state index contributed by atoms with van der Waals surface area (Å²) in [5.41, 5.74) is 0.987. The summed E-state index contributed by atoms with van der Waals surface area (Å²) in [5, 5.41) is 8.48. The molecule has 2 aliphatic heterocycles. The molecule has 2 fully saturated rings. The van der Waals surface area contributed by atoms with E-state index in [2.05, 4.69) is 44.0 Å². The van der Waals surface area contributed by atoms with Gasteiger partial charge in [0.25, 0.3) is 0 Å².